The second-order valence-corrected chi connectivity index (χ2v) is 4.68. The van der Waals surface area contributed by atoms with Crippen molar-refractivity contribution >= 4 is 33.5 Å². The van der Waals surface area contributed by atoms with E-state index < -0.39 is 0 Å². The average Bonchev–Trinajstić information content (AvgIpc) is 2.34. The summed E-state index contributed by atoms with van der Waals surface area (Å²) in [5, 5.41) is 5.43. The van der Waals surface area contributed by atoms with E-state index in [2.05, 4.69) is 31.5 Å². The molecule has 0 saturated heterocycles. The minimum Gasteiger partial charge on any atom is -0.308 e. The lowest BCUT2D eigenvalue weighted by atomic mass is 10.3. The van der Waals surface area contributed by atoms with Crippen molar-refractivity contribution in [1.29, 1.82) is 0 Å². The van der Waals surface area contributed by atoms with E-state index in [9.17, 15) is 4.79 Å². The molecule has 0 aliphatic carbocycles. The first-order chi connectivity index (χ1) is 8.65. The number of pyridine rings is 1. The first kappa shape index (κ1) is 12.6. The fourth-order valence-corrected chi connectivity index (χ4v) is 1.91. The smallest absolute Gasteiger partial charge is 0.308 e. The number of anilines is 2. The summed E-state index contributed by atoms with van der Waals surface area (Å²) in [5.74, 6) is 0.548. The topological polar surface area (TPSA) is 54.0 Å². The Hall–Kier alpha value is -1.88. The molecule has 0 aliphatic rings. The minimum absolute atomic E-state index is 0.306. The van der Waals surface area contributed by atoms with E-state index in [1.807, 2.05) is 43.3 Å². The monoisotopic (exact) mass is 305 g/mol. The molecule has 1 aromatic heterocycles. The fraction of sp³-hybridized carbons (Fsp3) is 0.0769. The maximum atomic E-state index is 11.7. The molecule has 0 atom stereocenters. The number of carbonyl (C=O) groups excluding carboxylic acids is 1. The zero-order valence-electron chi connectivity index (χ0n) is 9.77. The highest BCUT2D eigenvalue weighted by atomic mass is 79.9. The van der Waals surface area contributed by atoms with Gasteiger partial charge in [-0.05, 0) is 46.6 Å². The Labute approximate surface area is 114 Å². The molecule has 0 aliphatic heterocycles. The van der Waals surface area contributed by atoms with Crippen molar-refractivity contribution in [2.75, 3.05) is 10.6 Å². The highest BCUT2D eigenvalue weighted by Crippen LogP contribution is 2.17. The number of aromatic nitrogens is 1. The number of nitrogens with one attached hydrogen (secondary N) is 2. The Morgan fingerprint density at radius 2 is 1.94 bits per heavy atom. The van der Waals surface area contributed by atoms with Gasteiger partial charge in [-0.3, -0.25) is 5.32 Å². The van der Waals surface area contributed by atoms with Crippen molar-refractivity contribution in [3.63, 3.8) is 0 Å². The van der Waals surface area contributed by atoms with Crippen LogP contribution in [0.4, 0.5) is 16.3 Å². The third-order valence-electron chi connectivity index (χ3n) is 2.31. The molecule has 0 spiro atoms. The van der Waals surface area contributed by atoms with Gasteiger partial charge in [0.05, 0.1) is 0 Å². The van der Waals surface area contributed by atoms with Gasteiger partial charge in [0.2, 0.25) is 0 Å². The number of aryl methyl sites for hydroxylation is 1. The maximum absolute atomic E-state index is 11.7. The fourth-order valence-electron chi connectivity index (χ4n) is 1.46. The van der Waals surface area contributed by atoms with Crippen LogP contribution in [0.1, 0.15) is 5.56 Å². The number of para-hydroxylation sites is 1. The van der Waals surface area contributed by atoms with Gasteiger partial charge >= 0.3 is 6.03 Å². The highest BCUT2D eigenvalue weighted by molar-refractivity contribution is 9.10. The van der Waals surface area contributed by atoms with E-state index in [1.165, 1.54) is 0 Å². The molecule has 0 bridgehead atoms. The molecule has 2 N–H and O–H groups in total. The first-order valence-electron chi connectivity index (χ1n) is 5.40. The molecular weight excluding hydrogens is 294 g/mol. The van der Waals surface area contributed by atoms with E-state index >= 15 is 0 Å². The van der Waals surface area contributed by atoms with Crippen LogP contribution in [0.25, 0.3) is 0 Å². The molecule has 92 valence electrons. The zero-order valence-corrected chi connectivity index (χ0v) is 11.4. The predicted octanol–water partition coefficient (Wildman–Crippen LogP) is 3.80. The number of hydrogen-bond acceptors (Lipinski definition) is 2. The Morgan fingerprint density at radius 3 is 2.61 bits per heavy atom. The quantitative estimate of drug-likeness (QED) is 0.886. The molecule has 5 heteroatoms. The molecule has 2 amide bonds. The van der Waals surface area contributed by atoms with Crippen LogP contribution >= 0.6 is 15.9 Å². The second kappa shape index (κ2) is 5.64. The van der Waals surface area contributed by atoms with Crippen molar-refractivity contribution in [2.24, 2.45) is 0 Å². The van der Waals surface area contributed by atoms with Gasteiger partial charge in [-0.25, -0.2) is 9.78 Å². The van der Waals surface area contributed by atoms with E-state index in [0.29, 0.717) is 5.82 Å². The lowest BCUT2D eigenvalue weighted by Crippen LogP contribution is -2.20. The van der Waals surface area contributed by atoms with Gasteiger partial charge in [0.1, 0.15) is 5.82 Å². The van der Waals surface area contributed by atoms with Gasteiger partial charge in [0.25, 0.3) is 0 Å². The number of hydrogen-bond donors (Lipinski definition) is 2. The molecule has 1 heterocycles. The maximum Gasteiger partial charge on any atom is 0.324 e. The summed E-state index contributed by atoms with van der Waals surface area (Å²) in [6.07, 6.45) is 1.64. The van der Waals surface area contributed by atoms with Gasteiger partial charge in [0.15, 0.2) is 0 Å². The number of amides is 2. The van der Waals surface area contributed by atoms with Crippen LogP contribution in [-0.4, -0.2) is 11.0 Å². The van der Waals surface area contributed by atoms with Crippen LogP contribution in [0.2, 0.25) is 0 Å². The number of nitrogens with zero attached hydrogens (tertiary/aromatic N) is 1. The van der Waals surface area contributed by atoms with Gasteiger partial charge in [0, 0.05) is 16.4 Å². The van der Waals surface area contributed by atoms with Crippen molar-refractivity contribution in [3.8, 4) is 0 Å². The van der Waals surface area contributed by atoms with Crippen molar-refractivity contribution < 1.29 is 4.79 Å². The summed E-state index contributed by atoms with van der Waals surface area (Å²) in [6, 6.07) is 10.8. The van der Waals surface area contributed by atoms with Gasteiger partial charge in [-0.15, -0.1) is 0 Å². The van der Waals surface area contributed by atoms with Gasteiger partial charge < -0.3 is 5.32 Å². The molecule has 18 heavy (non-hydrogen) atoms. The molecule has 2 aromatic rings. The summed E-state index contributed by atoms with van der Waals surface area (Å²) in [7, 11) is 0. The molecule has 4 nitrogen and oxygen atoms in total. The SMILES string of the molecule is Cc1cc(Br)cnc1NC(=O)Nc1ccccc1. The van der Waals surface area contributed by atoms with Crippen LogP contribution in [0.5, 0.6) is 0 Å². The molecule has 1 aromatic carbocycles. The third-order valence-corrected chi connectivity index (χ3v) is 2.74. The lowest BCUT2D eigenvalue weighted by molar-refractivity contribution is 0.262. The average molecular weight is 306 g/mol. The minimum atomic E-state index is -0.306. The third kappa shape index (κ3) is 3.30. The summed E-state index contributed by atoms with van der Waals surface area (Å²) < 4.78 is 0.883. The first-order valence-corrected chi connectivity index (χ1v) is 6.19. The van der Waals surface area contributed by atoms with E-state index in [4.69, 9.17) is 0 Å². The van der Waals surface area contributed by atoms with Crippen molar-refractivity contribution in [3.05, 3.63) is 52.6 Å². The van der Waals surface area contributed by atoms with E-state index in [-0.39, 0.29) is 6.03 Å². The number of rotatable bonds is 2. The van der Waals surface area contributed by atoms with Crippen LogP contribution in [-0.2, 0) is 0 Å². The lowest BCUT2D eigenvalue weighted by Gasteiger charge is -2.09. The summed E-state index contributed by atoms with van der Waals surface area (Å²) in [5.41, 5.74) is 1.64. The van der Waals surface area contributed by atoms with E-state index in [1.54, 1.807) is 6.20 Å². The Bertz CT molecular complexity index is 557. The number of halogens is 1. The molecule has 2 rings (SSSR count). The summed E-state index contributed by atoms with van der Waals surface area (Å²) >= 11 is 3.33. The summed E-state index contributed by atoms with van der Waals surface area (Å²) in [6.45, 7) is 1.88. The molecule has 0 unspecified atom stereocenters. The normalized spacial score (nSPS) is 9.89. The summed E-state index contributed by atoms with van der Waals surface area (Å²) in [4.78, 5) is 15.9. The van der Waals surface area contributed by atoms with Crippen LogP contribution in [0, 0.1) is 6.92 Å². The largest absolute Gasteiger partial charge is 0.324 e. The van der Waals surface area contributed by atoms with Gasteiger partial charge in [-0.2, -0.15) is 0 Å². The van der Waals surface area contributed by atoms with Crippen molar-refractivity contribution in [2.45, 2.75) is 6.92 Å². The number of urea groups is 1. The van der Waals surface area contributed by atoms with E-state index in [0.717, 1.165) is 15.7 Å². The van der Waals surface area contributed by atoms with Crippen molar-refractivity contribution in [1.82, 2.24) is 4.98 Å². The van der Waals surface area contributed by atoms with Gasteiger partial charge in [-0.1, -0.05) is 18.2 Å². The second-order valence-electron chi connectivity index (χ2n) is 3.76. The zero-order chi connectivity index (χ0) is 13.0. The Kier molecular flexibility index (Phi) is 3.94. The van der Waals surface area contributed by atoms with Crippen LogP contribution in [0.15, 0.2) is 47.1 Å². The van der Waals surface area contributed by atoms with Crippen LogP contribution in [0.3, 0.4) is 0 Å². The number of carbonyl (C=O) groups is 1. The van der Waals surface area contributed by atoms with Crippen LogP contribution < -0.4 is 10.6 Å². The molecular formula is C13H12BrN3O. The Balaban J connectivity index is 2.03. The standard InChI is InChI=1S/C13H12BrN3O/c1-9-7-10(14)8-15-12(9)17-13(18)16-11-5-3-2-4-6-11/h2-8H,1H3,(H2,15,16,17,18). The molecule has 0 fully saturated rings. The Morgan fingerprint density at radius 1 is 1.22 bits per heavy atom. The molecule has 0 radical (unpaired) electrons. The predicted molar refractivity (Wildman–Crippen MR) is 75.8 cm³/mol. The molecule has 0 saturated carbocycles. The number of benzene rings is 1. The highest BCUT2D eigenvalue weighted by Gasteiger charge is 2.06.